The van der Waals surface area contributed by atoms with Gasteiger partial charge in [-0.2, -0.15) is 0 Å². The van der Waals surface area contributed by atoms with Crippen LogP contribution in [0.15, 0.2) is 34.9 Å². The summed E-state index contributed by atoms with van der Waals surface area (Å²) in [6.45, 7) is 0. The molecule has 0 aliphatic rings. The third-order valence-corrected chi connectivity index (χ3v) is 2.44. The molecule has 1 N–H and O–H groups in total. The van der Waals surface area contributed by atoms with Gasteiger partial charge in [-0.1, -0.05) is 0 Å². The van der Waals surface area contributed by atoms with Crippen molar-refractivity contribution in [2.75, 3.05) is 0 Å². The normalized spacial score (nSPS) is 12.6. The Morgan fingerprint density at radius 3 is 3.00 bits per heavy atom. The third-order valence-electron chi connectivity index (χ3n) is 1.86. The predicted octanol–water partition coefficient (Wildman–Crippen LogP) is 2.62. The fraction of sp³-hybridized carbons (Fsp3) is 0.100. The van der Waals surface area contributed by atoms with E-state index in [0.29, 0.717) is 11.3 Å². The maximum Gasteiger partial charge on any atom is 0.356 e. The number of alkyl halides is 1. The molecule has 2 aromatic rings. The molecule has 0 fully saturated rings. The highest BCUT2D eigenvalue weighted by molar-refractivity contribution is 9.09. The number of hydrogen-bond acceptors (Lipinski definition) is 3. The van der Waals surface area contributed by atoms with Crippen molar-refractivity contribution in [2.24, 2.45) is 0 Å². The molecule has 0 spiro atoms. The van der Waals surface area contributed by atoms with Crippen molar-refractivity contribution in [1.29, 1.82) is 0 Å². The van der Waals surface area contributed by atoms with Gasteiger partial charge < -0.3 is 14.3 Å². The number of carboxylic acid groups (broad SMARTS) is 1. The van der Waals surface area contributed by atoms with E-state index in [4.69, 9.17) is 14.3 Å². The first kappa shape index (κ1) is 10.0. The lowest BCUT2D eigenvalue weighted by atomic mass is 10.2. The average molecular weight is 271 g/mol. The van der Waals surface area contributed by atoms with Crippen molar-refractivity contribution in [3.05, 3.63) is 30.5 Å². The second-order valence-corrected chi connectivity index (χ2v) is 3.72. The second-order valence-electron chi connectivity index (χ2n) is 2.89. The lowest BCUT2D eigenvalue weighted by Crippen LogP contribution is -2.19. The van der Waals surface area contributed by atoms with Crippen molar-refractivity contribution in [2.45, 2.75) is 5.01 Å². The van der Waals surface area contributed by atoms with Crippen LogP contribution in [0.3, 0.4) is 0 Å². The number of rotatable bonds is 3. The maximum absolute atomic E-state index is 10.5. The molecule has 0 saturated carbocycles. The molecule has 0 aliphatic heterocycles. The van der Waals surface area contributed by atoms with Gasteiger partial charge in [-0.05, 0) is 34.1 Å². The standard InChI is InChI=1S/C10H7BrO4/c11-9(10(12)13)15-7-2-1-6-3-4-14-8(6)5-7/h1-5,9H,(H,12,13). The highest BCUT2D eigenvalue weighted by Gasteiger charge is 2.14. The van der Waals surface area contributed by atoms with E-state index in [2.05, 4.69) is 15.9 Å². The molecule has 1 aromatic heterocycles. The van der Waals surface area contributed by atoms with Gasteiger partial charge in [0, 0.05) is 11.5 Å². The molecule has 78 valence electrons. The van der Waals surface area contributed by atoms with E-state index < -0.39 is 11.0 Å². The predicted molar refractivity (Wildman–Crippen MR) is 57.2 cm³/mol. The molecule has 0 saturated heterocycles. The van der Waals surface area contributed by atoms with Gasteiger partial charge in [-0.25, -0.2) is 4.79 Å². The summed E-state index contributed by atoms with van der Waals surface area (Å²) in [7, 11) is 0. The fourth-order valence-corrected chi connectivity index (χ4v) is 1.39. The molecule has 1 heterocycles. The number of halogens is 1. The van der Waals surface area contributed by atoms with Gasteiger partial charge in [0.1, 0.15) is 11.3 Å². The molecular weight excluding hydrogens is 264 g/mol. The molecule has 0 bridgehead atoms. The first-order chi connectivity index (χ1) is 7.16. The third kappa shape index (κ3) is 2.12. The largest absolute Gasteiger partial charge is 0.478 e. The summed E-state index contributed by atoms with van der Waals surface area (Å²) in [5.74, 6) is -0.628. The summed E-state index contributed by atoms with van der Waals surface area (Å²) in [5.41, 5.74) is 0.664. The van der Waals surface area contributed by atoms with Crippen LogP contribution in [0.4, 0.5) is 0 Å². The van der Waals surface area contributed by atoms with Crippen LogP contribution < -0.4 is 4.74 Å². The summed E-state index contributed by atoms with van der Waals surface area (Å²) < 4.78 is 10.3. The van der Waals surface area contributed by atoms with E-state index in [0.717, 1.165) is 5.39 Å². The Hall–Kier alpha value is -1.49. The topological polar surface area (TPSA) is 59.7 Å². The minimum absolute atomic E-state index is 0.446. The molecule has 2 rings (SSSR count). The number of carboxylic acids is 1. The SMILES string of the molecule is O=C(O)C(Br)Oc1ccc2ccoc2c1. The fourth-order valence-electron chi connectivity index (χ4n) is 1.18. The van der Waals surface area contributed by atoms with Crippen LogP contribution in [-0.4, -0.2) is 16.1 Å². The Labute approximate surface area is 93.6 Å². The van der Waals surface area contributed by atoms with Crippen molar-refractivity contribution in [3.8, 4) is 5.75 Å². The van der Waals surface area contributed by atoms with E-state index in [1.807, 2.05) is 6.07 Å². The number of carbonyl (C=O) groups is 1. The van der Waals surface area contributed by atoms with Crippen molar-refractivity contribution < 1.29 is 19.1 Å². The van der Waals surface area contributed by atoms with Crippen molar-refractivity contribution in [1.82, 2.24) is 0 Å². The van der Waals surface area contributed by atoms with E-state index in [9.17, 15) is 4.79 Å². The van der Waals surface area contributed by atoms with Gasteiger partial charge >= 0.3 is 5.97 Å². The molecule has 1 aromatic carbocycles. The number of benzene rings is 1. The minimum atomic E-state index is -1.07. The van der Waals surface area contributed by atoms with Gasteiger partial charge in [-0.3, -0.25) is 0 Å². The Balaban J connectivity index is 2.24. The quantitative estimate of drug-likeness (QED) is 0.872. The van der Waals surface area contributed by atoms with Crippen molar-refractivity contribution in [3.63, 3.8) is 0 Å². The van der Waals surface area contributed by atoms with Gasteiger partial charge in [0.05, 0.1) is 6.26 Å². The number of ether oxygens (including phenoxy) is 1. The summed E-state index contributed by atoms with van der Waals surface area (Å²) in [6.07, 6.45) is 1.57. The van der Waals surface area contributed by atoms with E-state index in [1.54, 1.807) is 24.5 Å². The van der Waals surface area contributed by atoms with Crippen LogP contribution in [0.1, 0.15) is 0 Å². The van der Waals surface area contributed by atoms with Gasteiger partial charge in [0.25, 0.3) is 0 Å². The molecule has 1 unspecified atom stereocenters. The van der Waals surface area contributed by atoms with Gasteiger partial charge in [-0.15, -0.1) is 0 Å². The van der Waals surface area contributed by atoms with Crippen LogP contribution in [0.5, 0.6) is 5.75 Å². The van der Waals surface area contributed by atoms with Gasteiger partial charge in [0.2, 0.25) is 5.01 Å². The van der Waals surface area contributed by atoms with Gasteiger partial charge in [0.15, 0.2) is 0 Å². The van der Waals surface area contributed by atoms with Crippen LogP contribution in [0.2, 0.25) is 0 Å². The maximum atomic E-state index is 10.5. The summed E-state index contributed by atoms with van der Waals surface area (Å²) in [5, 5.41) is 8.52. The molecule has 5 heteroatoms. The van der Waals surface area contributed by atoms with Crippen LogP contribution in [0, 0.1) is 0 Å². The first-order valence-electron chi connectivity index (χ1n) is 4.17. The summed E-state index contributed by atoms with van der Waals surface area (Å²) in [6, 6.07) is 6.96. The highest BCUT2D eigenvalue weighted by atomic mass is 79.9. The summed E-state index contributed by atoms with van der Waals surface area (Å²) in [4.78, 5) is 10.5. The number of fused-ring (bicyclic) bond motifs is 1. The second kappa shape index (κ2) is 3.94. The smallest absolute Gasteiger partial charge is 0.356 e. The number of furan rings is 1. The molecule has 1 atom stereocenters. The first-order valence-corrected chi connectivity index (χ1v) is 5.09. The van der Waals surface area contributed by atoms with Crippen LogP contribution in [0.25, 0.3) is 11.0 Å². The van der Waals surface area contributed by atoms with Crippen LogP contribution in [-0.2, 0) is 4.79 Å². The van der Waals surface area contributed by atoms with Crippen LogP contribution >= 0.6 is 15.9 Å². The molecule has 15 heavy (non-hydrogen) atoms. The minimum Gasteiger partial charge on any atom is -0.478 e. The monoisotopic (exact) mass is 270 g/mol. The molecule has 0 radical (unpaired) electrons. The molecule has 0 amide bonds. The zero-order valence-electron chi connectivity index (χ0n) is 7.51. The van der Waals surface area contributed by atoms with E-state index >= 15 is 0 Å². The van der Waals surface area contributed by atoms with Crippen molar-refractivity contribution >= 4 is 32.9 Å². The molecule has 4 nitrogen and oxygen atoms in total. The lowest BCUT2D eigenvalue weighted by molar-refractivity contribution is -0.140. The summed E-state index contributed by atoms with van der Waals surface area (Å²) >= 11 is 2.88. The Bertz CT molecular complexity index is 491. The Morgan fingerprint density at radius 1 is 1.47 bits per heavy atom. The molecule has 0 aliphatic carbocycles. The zero-order chi connectivity index (χ0) is 10.8. The van der Waals surface area contributed by atoms with E-state index in [1.165, 1.54) is 0 Å². The zero-order valence-corrected chi connectivity index (χ0v) is 9.10. The molecular formula is C10H7BrO4. The van der Waals surface area contributed by atoms with E-state index in [-0.39, 0.29) is 0 Å². The highest BCUT2D eigenvalue weighted by Crippen LogP contribution is 2.23. The Kier molecular flexibility index (Phi) is 2.64. The Morgan fingerprint density at radius 2 is 2.27 bits per heavy atom. The lowest BCUT2D eigenvalue weighted by Gasteiger charge is -2.07. The average Bonchev–Trinajstić information content (AvgIpc) is 2.64. The number of aliphatic carboxylic acids is 1. The number of hydrogen-bond donors (Lipinski definition) is 1.